The third-order valence-electron chi connectivity index (χ3n) is 5.74. The number of rotatable bonds is 10. The van der Waals surface area contributed by atoms with Gasteiger partial charge in [-0.15, -0.1) is 0 Å². The number of Topliss-reactive ketones (excluding diaryl/α,β-unsaturated/α-hetero) is 1. The molecule has 1 N–H and O–H groups in total. The first kappa shape index (κ1) is 25.3. The van der Waals surface area contributed by atoms with Crippen molar-refractivity contribution in [2.75, 3.05) is 34.0 Å². The van der Waals surface area contributed by atoms with Crippen molar-refractivity contribution >= 4 is 17.4 Å². The molecular formula is C27H33NO6. The average molecular weight is 468 g/mol. The third-order valence-corrected chi connectivity index (χ3v) is 5.74. The molecule has 1 atom stereocenters. The lowest BCUT2D eigenvalue weighted by atomic mass is 9.94. The minimum atomic E-state index is -0.708. The second-order valence-corrected chi connectivity index (χ2v) is 8.80. The zero-order chi connectivity index (χ0) is 24.8. The fraction of sp³-hybridized carbons (Fsp3) is 0.407. The number of aryl methyl sites for hydroxylation is 1. The van der Waals surface area contributed by atoms with Gasteiger partial charge in [0.1, 0.15) is 17.3 Å². The van der Waals surface area contributed by atoms with Crippen LogP contribution < -0.4 is 9.47 Å². The first-order valence-corrected chi connectivity index (χ1v) is 11.4. The molecule has 0 saturated carbocycles. The minimum Gasteiger partial charge on any atom is -0.507 e. The molecule has 0 spiro atoms. The molecule has 7 nitrogen and oxygen atoms in total. The number of carbonyl (C=O) groups is 2. The van der Waals surface area contributed by atoms with Crippen LogP contribution in [-0.2, 0) is 14.3 Å². The van der Waals surface area contributed by atoms with Crippen molar-refractivity contribution in [1.82, 2.24) is 4.90 Å². The van der Waals surface area contributed by atoms with Gasteiger partial charge in [-0.25, -0.2) is 0 Å². The summed E-state index contributed by atoms with van der Waals surface area (Å²) in [4.78, 5) is 27.6. The number of carbonyl (C=O) groups excluding carboxylic acids is 2. The van der Waals surface area contributed by atoms with Crippen LogP contribution in [0.5, 0.6) is 11.5 Å². The molecule has 1 heterocycles. The SMILES string of the molecule is COCCCN1C(=O)C(=O)/C(=C(\O)c2ccc(OCC(C)C)c(C)c2)C1c1ccc(OC)cc1. The Hall–Kier alpha value is -3.32. The van der Waals surface area contributed by atoms with Crippen LogP contribution in [0.1, 0.15) is 43.0 Å². The average Bonchev–Trinajstić information content (AvgIpc) is 3.08. The van der Waals surface area contributed by atoms with Gasteiger partial charge >= 0.3 is 0 Å². The number of ketones is 1. The van der Waals surface area contributed by atoms with E-state index in [-0.39, 0.29) is 11.3 Å². The molecule has 1 aliphatic rings. The highest BCUT2D eigenvalue weighted by Gasteiger charge is 2.45. The van der Waals surface area contributed by atoms with Gasteiger partial charge < -0.3 is 24.2 Å². The van der Waals surface area contributed by atoms with Crippen LogP contribution in [0.3, 0.4) is 0 Å². The quantitative estimate of drug-likeness (QED) is 0.240. The number of amides is 1. The number of hydrogen-bond donors (Lipinski definition) is 1. The van der Waals surface area contributed by atoms with Gasteiger partial charge in [-0.3, -0.25) is 9.59 Å². The highest BCUT2D eigenvalue weighted by molar-refractivity contribution is 6.46. The summed E-state index contributed by atoms with van der Waals surface area (Å²) >= 11 is 0. The maximum Gasteiger partial charge on any atom is 0.295 e. The topological polar surface area (TPSA) is 85.3 Å². The first-order valence-electron chi connectivity index (χ1n) is 11.4. The lowest BCUT2D eigenvalue weighted by Crippen LogP contribution is -2.31. The van der Waals surface area contributed by atoms with E-state index in [1.165, 1.54) is 4.90 Å². The Balaban J connectivity index is 2.05. The summed E-state index contributed by atoms with van der Waals surface area (Å²) in [5.41, 5.74) is 2.08. The first-order chi connectivity index (χ1) is 16.3. The van der Waals surface area contributed by atoms with E-state index in [9.17, 15) is 14.7 Å². The lowest BCUT2D eigenvalue weighted by Gasteiger charge is -2.25. The van der Waals surface area contributed by atoms with Gasteiger partial charge in [-0.05, 0) is 60.7 Å². The highest BCUT2D eigenvalue weighted by Crippen LogP contribution is 2.40. The number of likely N-dealkylation sites (tertiary alicyclic amines) is 1. The van der Waals surface area contributed by atoms with E-state index in [0.29, 0.717) is 49.0 Å². The van der Waals surface area contributed by atoms with Crippen molar-refractivity contribution in [3.8, 4) is 11.5 Å². The van der Waals surface area contributed by atoms with E-state index < -0.39 is 17.7 Å². The van der Waals surface area contributed by atoms with Crippen LogP contribution in [0.15, 0.2) is 48.0 Å². The lowest BCUT2D eigenvalue weighted by molar-refractivity contribution is -0.140. The molecule has 0 radical (unpaired) electrons. The Labute approximate surface area is 200 Å². The molecule has 1 unspecified atom stereocenters. The second kappa shape index (κ2) is 11.2. The summed E-state index contributed by atoms with van der Waals surface area (Å²) in [5, 5.41) is 11.3. The summed E-state index contributed by atoms with van der Waals surface area (Å²) in [6, 6.07) is 11.7. The van der Waals surface area contributed by atoms with E-state index in [2.05, 4.69) is 13.8 Å². The number of aliphatic hydroxyl groups is 1. The fourth-order valence-electron chi connectivity index (χ4n) is 3.99. The normalized spacial score (nSPS) is 17.5. The number of benzene rings is 2. The summed E-state index contributed by atoms with van der Waals surface area (Å²) < 4.78 is 16.2. The van der Waals surface area contributed by atoms with Gasteiger partial charge in [-0.1, -0.05) is 26.0 Å². The van der Waals surface area contributed by atoms with Crippen molar-refractivity contribution in [2.24, 2.45) is 5.92 Å². The Morgan fingerprint density at radius 1 is 1.09 bits per heavy atom. The number of methoxy groups -OCH3 is 2. The maximum absolute atomic E-state index is 13.1. The van der Waals surface area contributed by atoms with Gasteiger partial charge in [0.05, 0.1) is 25.3 Å². The van der Waals surface area contributed by atoms with Crippen LogP contribution in [-0.4, -0.2) is 55.7 Å². The van der Waals surface area contributed by atoms with Gasteiger partial charge in [0, 0.05) is 25.8 Å². The van der Waals surface area contributed by atoms with E-state index in [1.807, 2.05) is 6.92 Å². The molecule has 1 amide bonds. The molecule has 1 saturated heterocycles. The molecule has 2 aromatic carbocycles. The number of ether oxygens (including phenoxy) is 3. The molecule has 0 bridgehead atoms. The maximum atomic E-state index is 13.1. The third kappa shape index (κ3) is 5.42. The molecule has 1 aliphatic heterocycles. The molecule has 2 aromatic rings. The Bertz CT molecular complexity index is 1060. The second-order valence-electron chi connectivity index (χ2n) is 8.80. The summed E-state index contributed by atoms with van der Waals surface area (Å²) in [5.74, 6) is 0.225. The minimum absolute atomic E-state index is 0.0721. The Morgan fingerprint density at radius 3 is 2.38 bits per heavy atom. The Kier molecular flexibility index (Phi) is 8.34. The van der Waals surface area contributed by atoms with Crippen LogP contribution in [0.4, 0.5) is 0 Å². The van der Waals surface area contributed by atoms with E-state index in [1.54, 1.807) is 56.7 Å². The highest BCUT2D eigenvalue weighted by atomic mass is 16.5. The van der Waals surface area contributed by atoms with Crippen molar-refractivity contribution < 1.29 is 28.9 Å². The molecule has 34 heavy (non-hydrogen) atoms. The van der Waals surface area contributed by atoms with E-state index in [0.717, 1.165) is 11.3 Å². The van der Waals surface area contributed by atoms with Crippen LogP contribution in [0, 0.1) is 12.8 Å². The van der Waals surface area contributed by atoms with Crippen LogP contribution in [0.25, 0.3) is 5.76 Å². The van der Waals surface area contributed by atoms with Crippen LogP contribution in [0.2, 0.25) is 0 Å². The number of nitrogens with zero attached hydrogens (tertiary/aromatic N) is 1. The molecule has 182 valence electrons. The van der Waals surface area contributed by atoms with Gasteiger partial charge in [0.25, 0.3) is 11.7 Å². The zero-order valence-electron chi connectivity index (χ0n) is 20.5. The van der Waals surface area contributed by atoms with E-state index in [4.69, 9.17) is 14.2 Å². The van der Waals surface area contributed by atoms with Crippen molar-refractivity contribution in [3.63, 3.8) is 0 Å². The van der Waals surface area contributed by atoms with Crippen molar-refractivity contribution in [1.29, 1.82) is 0 Å². The smallest absolute Gasteiger partial charge is 0.295 e. The van der Waals surface area contributed by atoms with Gasteiger partial charge in [0.2, 0.25) is 0 Å². The largest absolute Gasteiger partial charge is 0.507 e. The Morgan fingerprint density at radius 2 is 1.79 bits per heavy atom. The predicted octanol–water partition coefficient (Wildman–Crippen LogP) is 4.50. The van der Waals surface area contributed by atoms with Gasteiger partial charge in [-0.2, -0.15) is 0 Å². The molecule has 7 heteroatoms. The molecule has 1 fully saturated rings. The van der Waals surface area contributed by atoms with Crippen molar-refractivity contribution in [3.05, 3.63) is 64.7 Å². The fourth-order valence-corrected chi connectivity index (χ4v) is 3.99. The molecular weight excluding hydrogens is 434 g/mol. The molecule has 3 rings (SSSR count). The zero-order valence-corrected chi connectivity index (χ0v) is 20.5. The van der Waals surface area contributed by atoms with Gasteiger partial charge in [0.15, 0.2) is 0 Å². The summed E-state index contributed by atoms with van der Waals surface area (Å²) in [6.07, 6.45) is 0.567. The molecule has 0 aromatic heterocycles. The predicted molar refractivity (Wildman–Crippen MR) is 130 cm³/mol. The standard InChI is InChI=1S/C27H33NO6/c1-17(2)16-34-22-12-9-20(15-18(22)3)25(29)23-24(19-7-10-21(33-5)11-8-19)28(13-6-14-32-4)27(31)26(23)30/h7-12,15,17,24,29H,6,13-14,16H2,1-5H3/b25-23-. The van der Waals surface area contributed by atoms with E-state index >= 15 is 0 Å². The summed E-state index contributed by atoms with van der Waals surface area (Å²) in [6.45, 7) is 7.38. The monoisotopic (exact) mass is 467 g/mol. The molecule has 0 aliphatic carbocycles. The van der Waals surface area contributed by atoms with Crippen molar-refractivity contribution in [2.45, 2.75) is 33.2 Å². The van der Waals surface area contributed by atoms with Crippen LogP contribution >= 0.6 is 0 Å². The number of hydrogen-bond acceptors (Lipinski definition) is 6. The number of aliphatic hydroxyl groups excluding tert-OH is 1. The summed E-state index contributed by atoms with van der Waals surface area (Å²) in [7, 11) is 3.16.